The fourth-order valence-electron chi connectivity index (χ4n) is 1.62. The van der Waals surface area contributed by atoms with Gasteiger partial charge in [0.05, 0.1) is 5.56 Å². The highest BCUT2D eigenvalue weighted by molar-refractivity contribution is 6.05. The molecule has 0 fully saturated rings. The number of carbonyl (C=O) groups excluding carboxylic acids is 1. The molecule has 2 rings (SSSR count). The van der Waals surface area contributed by atoms with Crippen LogP contribution in [0.15, 0.2) is 54.6 Å². The molecule has 0 aromatic heterocycles. The minimum Gasteiger partial charge on any atom is -0.355 e. The van der Waals surface area contributed by atoms with Crippen LogP contribution in [0.25, 0.3) is 0 Å². The number of ketones is 1. The molecule has 0 saturated carbocycles. The van der Waals surface area contributed by atoms with Crippen molar-refractivity contribution in [3.8, 4) is 0 Å². The summed E-state index contributed by atoms with van der Waals surface area (Å²) >= 11 is 0. The second kappa shape index (κ2) is 5.14. The van der Waals surface area contributed by atoms with Gasteiger partial charge in [-0.15, -0.1) is 0 Å². The summed E-state index contributed by atoms with van der Waals surface area (Å²) in [4.78, 5) is 11.3. The summed E-state index contributed by atoms with van der Waals surface area (Å²) in [5.74, 6) is -1.86. The third-order valence-corrected chi connectivity index (χ3v) is 2.48. The van der Waals surface area contributed by atoms with Gasteiger partial charge in [0.2, 0.25) is 0 Å². The number of Topliss-reactive ketones (excluding diaryl/α,β-unsaturated/α-hetero) is 1. The number of para-hydroxylation sites is 2. The standard InChI is InChI=1S/C14H10F3NO/c15-14(16,17)13(19)11-8-4-5-9-12(11)18-10-6-2-1-3-7-10/h1-9,18H. The molecule has 0 spiro atoms. The Labute approximate surface area is 107 Å². The van der Waals surface area contributed by atoms with Crippen molar-refractivity contribution >= 4 is 17.2 Å². The number of benzene rings is 2. The van der Waals surface area contributed by atoms with Gasteiger partial charge >= 0.3 is 6.18 Å². The first-order chi connectivity index (χ1) is 8.98. The molecule has 19 heavy (non-hydrogen) atoms. The lowest BCUT2D eigenvalue weighted by Gasteiger charge is -2.12. The van der Waals surface area contributed by atoms with E-state index >= 15 is 0 Å². The summed E-state index contributed by atoms with van der Waals surface area (Å²) in [6.45, 7) is 0. The first-order valence-electron chi connectivity index (χ1n) is 5.51. The Balaban J connectivity index is 2.35. The Bertz CT molecular complexity index is 579. The predicted octanol–water partition coefficient (Wildman–Crippen LogP) is 4.18. The number of hydrogen-bond acceptors (Lipinski definition) is 2. The maximum atomic E-state index is 12.5. The third-order valence-electron chi connectivity index (χ3n) is 2.48. The second-order valence-electron chi connectivity index (χ2n) is 3.86. The highest BCUT2D eigenvalue weighted by Gasteiger charge is 2.40. The minimum absolute atomic E-state index is 0.135. The van der Waals surface area contributed by atoms with Crippen molar-refractivity contribution in [3.05, 3.63) is 60.2 Å². The van der Waals surface area contributed by atoms with Crippen molar-refractivity contribution in [3.63, 3.8) is 0 Å². The number of hydrogen-bond donors (Lipinski definition) is 1. The Morgan fingerprint density at radius 3 is 2.11 bits per heavy atom. The van der Waals surface area contributed by atoms with Crippen LogP contribution >= 0.6 is 0 Å². The van der Waals surface area contributed by atoms with Gasteiger partial charge in [-0.2, -0.15) is 13.2 Å². The maximum Gasteiger partial charge on any atom is 0.454 e. The smallest absolute Gasteiger partial charge is 0.355 e. The largest absolute Gasteiger partial charge is 0.454 e. The molecule has 5 heteroatoms. The molecule has 2 aromatic carbocycles. The number of carbonyl (C=O) groups is 1. The van der Waals surface area contributed by atoms with Gasteiger partial charge < -0.3 is 5.32 Å². The fraction of sp³-hybridized carbons (Fsp3) is 0.0714. The third kappa shape index (κ3) is 3.13. The van der Waals surface area contributed by atoms with Crippen molar-refractivity contribution in [1.82, 2.24) is 0 Å². The Kier molecular flexibility index (Phi) is 3.55. The van der Waals surface area contributed by atoms with E-state index in [1.54, 1.807) is 36.4 Å². The number of halogens is 3. The zero-order valence-electron chi connectivity index (χ0n) is 9.74. The van der Waals surface area contributed by atoms with Crippen LogP contribution in [-0.4, -0.2) is 12.0 Å². The van der Waals surface area contributed by atoms with E-state index in [0.717, 1.165) is 6.07 Å². The van der Waals surface area contributed by atoms with Crippen LogP contribution in [0.1, 0.15) is 10.4 Å². The van der Waals surface area contributed by atoms with Crippen LogP contribution in [0, 0.1) is 0 Å². The summed E-state index contributed by atoms with van der Waals surface area (Å²) in [5.41, 5.74) is 0.361. The molecular weight excluding hydrogens is 255 g/mol. The van der Waals surface area contributed by atoms with Gasteiger partial charge in [-0.1, -0.05) is 30.3 Å². The molecule has 0 aliphatic heterocycles. The molecule has 0 bridgehead atoms. The van der Waals surface area contributed by atoms with Crippen molar-refractivity contribution in [1.29, 1.82) is 0 Å². The van der Waals surface area contributed by atoms with Crippen LogP contribution in [-0.2, 0) is 0 Å². The molecule has 0 saturated heterocycles. The van der Waals surface area contributed by atoms with E-state index in [9.17, 15) is 18.0 Å². The Morgan fingerprint density at radius 1 is 0.895 bits per heavy atom. The molecule has 0 heterocycles. The van der Waals surface area contributed by atoms with Crippen molar-refractivity contribution < 1.29 is 18.0 Å². The molecule has 1 N–H and O–H groups in total. The van der Waals surface area contributed by atoms with Crippen LogP contribution in [0.5, 0.6) is 0 Å². The van der Waals surface area contributed by atoms with E-state index in [0.29, 0.717) is 5.69 Å². The van der Waals surface area contributed by atoms with E-state index in [-0.39, 0.29) is 11.3 Å². The van der Waals surface area contributed by atoms with E-state index in [1.807, 2.05) is 0 Å². The molecular formula is C14H10F3NO. The molecule has 0 radical (unpaired) electrons. The monoisotopic (exact) mass is 265 g/mol. The van der Waals surface area contributed by atoms with Crippen molar-refractivity contribution in [2.75, 3.05) is 5.32 Å². The van der Waals surface area contributed by atoms with E-state index in [2.05, 4.69) is 5.32 Å². The Morgan fingerprint density at radius 2 is 1.47 bits per heavy atom. The van der Waals surface area contributed by atoms with Gasteiger partial charge in [-0.05, 0) is 24.3 Å². The van der Waals surface area contributed by atoms with Crippen molar-refractivity contribution in [2.45, 2.75) is 6.18 Å². The molecule has 0 aliphatic rings. The van der Waals surface area contributed by atoms with Gasteiger partial charge in [0, 0.05) is 11.4 Å². The lowest BCUT2D eigenvalue weighted by atomic mass is 10.1. The normalized spacial score (nSPS) is 11.1. The van der Waals surface area contributed by atoms with Gasteiger partial charge in [0.25, 0.3) is 5.78 Å². The van der Waals surface area contributed by atoms with Crippen LogP contribution in [0.2, 0.25) is 0 Å². The van der Waals surface area contributed by atoms with E-state index < -0.39 is 12.0 Å². The molecule has 0 unspecified atom stereocenters. The molecule has 0 amide bonds. The van der Waals surface area contributed by atoms with Crippen LogP contribution in [0.4, 0.5) is 24.5 Å². The zero-order valence-corrected chi connectivity index (χ0v) is 9.74. The molecule has 2 aromatic rings. The van der Waals surface area contributed by atoms with E-state index in [4.69, 9.17) is 0 Å². The zero-order chi connectivity index (χ0) is 13.9. The second-order valence-corrected chi connectivity index (χ2v) is 3.86. The quantitative estimate of drug-likeness (QED) is 0.844. The SMILES string of the molecule is O=C(c1ccccc1Nc1ccccc1)C(F)(F)F. The molecule has 0 aliphatic carbocycles. The molecule has 2 nitrogen and oxygen atoms in total. The average Bonchev–Trinajstić information content (AvgIpc) is 2.39. The highest BCUT2D eigenvalue weighted by atomic mass is 19.4. The summed E-state index contributed by atoms with van der Waals surface area (Å²) in [6, 6.07) is 14.2. The molecule has 0 atom stereocenters. The summed E-state index contributed by atoms with van der Waals surface area (Å²) in [6.07, 6.45) is -4.88. The first kappa shape index (κ1) is 13.1. The Hall–Kier alpha value is -2.30. The lowest BCUT2D eigenvalue weighted by Crippen LogP contribution is -2.23. The van der Waals surface area contributed by atoms with Crippen LogP contribution in [0.3, 0.4) is 0 Å². The molecule has 98 valence electrons. The number of rotatable bonds is 3. The van der Waals surface area contributed by atoms with Gasteiger partial charge in [-0.3, -0.25) is 4.79 Å². The van der Waals surface area contributed by atoms with E-state index in [1.165, 1.54) is 12.1 Å². The predicted molar refractivity (Wildman–Crippen MR) is 66.6 cm³/mol. The van der Waals surface area contributed by atoms with Gasteiger partial charge in [-0.25, -0.2) is 0 Å². The number of alkyl halides is 3. The first-order valence-corrected chi connectivity index (χ1v) is 5.51. The fourth-order valence-corrected chi connectivity index (χ4v) is 1.62. The summed E-state index contributed by atoms with van der Waals surface area (Å²) < 4.78 is 37.4. The number of nitrogens with one attached hydrogen (secondary N) is 1. The summed E-state index contributed by atoms with van der Waals surface area (Å²) in [7, 11) is 0. The number of anilines is 2. The lowest BCUT2D eigenvalue weighted by molar-refractivity contribution is -0.0884. The maximum absolute atomic E-state index is 12.5. The van der Waals surface area contributed by atoms with Crippen LogP contribution < -0.4 is 5.32 Å². The van der Waals surface area contributed by atoms with Gasteiger partial charge in [0.1, 0.15) is 0 Å². The topological polar surface area (TPSA) is 29.1 Å². The van der Waals surface area contributed by atoms with Crippen molar-refractivity contribution in [2.24, 2.45) is 0 Å². The highest BCUT2D eigenvalue weighted by Crippen LogP contribution is 2.27. The summed E-state index contributed by atoms with van der Waals surface area (Å²) in [5, 5.41) is 2.80. The minimum atomic E-state index is -4.88. The van der Waals surface area contributed by atoms with Gasteiger partial charge in [0.15, 0.2) is 0 Å². The average molecular weight is 265 g/mol.